The minimum absolute atomic E-state index is 0.0137. The summed E-state index contributed by atoms with van der Waals surface area (Å²) < 4.78 is 0. The fourth-order valence-electron chi connectivity index (χ4n) is 5.80. The number of nitrogens with two attached hydrogens (primary N) is 2. The first-order chi connectivity index (χ1) is 27.5. The molecule has 0 bridgehead atoms. The largest absolute Gasteiger partial charge is 0.370 e. The van der Waals surface area contributed by atoms with E-state index in [1.807, 2.05) is 51.9 Å². The molecule has 2 unspecified atom stereocenters. The third kappa shape index (κ3) is 14.3. The minimum Gasteiger partial charge on any atom is -0.370 e. The van der Waals surface area contributed by atoms with Crippen LogP contribution in [-0.2, 0) is 48.0 Å². The van der Waals surface area contributed by atoms with Gasteiger partial charge in [0.15, 0.2) is 5.96 Å². The van der Waals surface area contributed by atoms with Crippen molar-refractivity contribution in [3.8, 4) is 0 Å². The van der Waals surface area contributed by atoms with E-state index >= 15 is 0 Å². The zero-order valence-corrected chi connectivity index (χ0v) is 33.4. The van der Waals surface area contributed by atoms with Gasteiger partial charge in [-0.3, -0.25) is 38.8 Å². The molecule has 21 heteroatoms. The summed E-state index contributed by atoms with van der Waals surface area (Å²) in [6.07, 6.45) is 5.49. The van der Waals surface area contributed by atoms with Gasteiger partial charge in [-0.15, -0.1) is 0 Å². The minimum atomic E-state index is -1.21. The van der Waals surface area contributed by atoms with Crippen LogP contribution in [0.2, 0.25) is 0 Å². The van der Waals surface area contributed by atoms with Crippen LogP contribution in [0.4, 0.5) is 0 Å². The third-order valence-corrected chi connectivity index (χ3v) is 9.48. The summed E-state index contributed by atoms with van der Waals surface area (Å²) in [6, 6.07) is 12.2. The van der Waals surface area contributed by atoms with Crippen LogP contribution in [-0.4, -0.2) is 100 Å². The van der Waals surface area contributed by atoms with Gasteiger partial charge < -0.3 is 53.1 Å². The van der Waals surface area contributed by atoms with E-state index in [9.17, 15) is 28.8 Å². The Morgan fingerprint density at radius 3 is 2.05 bits per heavy atom. The highest BCUT2D eigenvalue weighted by Gasteiger charge is 2.31. The molecule has 2 heterocycles. The molecule has 0 fully saturated rings. The van der Waals surface area contributed by atoms with Crippen molar-refractivity contribution in [1.29, 1.82) is 0 Å². The van der Waals surface area contributed by atoms with Crippen LogP contribution in [0.5, 0.6) is 0 Å². The Balaban J connectivity index is 1.57. The van der Waals surface area contributed by atoms with Gasteiger partial charge in [0.05, 0.1) is 25.5 Å². The molecular weight excluding hydrogens is 772 g/mol. The number of carbonyl (C=O) groups excluding carboxylic acids is 6. The van der Waals surface area contributed by atoms with Crippen LogP contribution >= 0.6 is 18.8 Å². The smallest absolute Gasteiger partial charge is 0.243 e. The third-order valence-electron chi connectivity index (χ3n) is 8.75. The molecule has 57 heavy (non-hydrogen) atoms. The quantitative estimate of drug-likeness (QED) is 0.0185. The second kappa shape index (κ2) is 22.6. The lowest BCUT2D eigenvalue weighted by molar-refractivity contribution is -0.134. The van der Waals surface area contributed by atoms with Crippen molar-refractivity contribution >= 4 is 71.1 Å². The predicted octanol–water partition coefficient (Wildman–Crippen LogP) is -1.69. The number of hydrogen-bond donors (Lipinski definition) is 11. The fourth-order valence-corrected chi connectivity index (χ4v) is 6.18. The fraction of sp³-hybridized carbons (Fsp3) is 0.333. The highest BCUT2D eigenvalue weighted by Crippen LogP contribution is 2.19. The first-order valence-electron chi connectivity index (χ1n) is 18.0. The molecule has 6 atom stereocenters. The number of fused-ring (bicyclic) bond motifs is 1. The predicted molar refractivity (Wildman–Crippen MR) is 221 cm³/mol. The average molecular weight is 822 g/mol. The number of nitrogens with one attached hydrogen (secondary N) is 9. The molecule has 0 aliphatic heterocycles. The van der Waals surface area contributed by atoms with Crippen LogP contribution < -0.4 is 48.2 Å². The summed E-state index contributed by atoms with van der Waals surface area (Å²) in [5.74, 6) is -3.76. The van der Waals surface area contributed by atoms with Gasteiger partial charge in [0, 0.05) is 54.8 Å². The number of nitrogens with zero attached hydrogens (tertiary/aromatic N) is 2. The highest BCUT2D eigenvalue weighted by atomic mass is 31.0. The number of aromatic amines is 2. The highest BCUT2D eigenvalue weighted by molar-refractivity contribution is 7.15. The van der Waals surface area contributed by atoms with E-state index in [0.717, 1.165) is 16.5 Å². The molecule has 4 aromatic rings. The first kappa shape index (κ1) is 43.8. The average Bonchev–Trinajstić information content (AvgIpc) is 3.89. The molecule has 13 N–H and O–H groups in total. The van der Waals surface area contributed by atoms with Gasteiger partial charge in [0.1, 0.15) is 18.1 Å². The molecule has 0 saturated heterocycles. The SMILES string of the molecule is NC(N)=NCCC[C@H](NC(=O)[C@@H](Cc1ccccc1)NC(=O)[C@H](Cc1cnc[nH]1)NP)C(=O)N[C@@H](Cc1c[nH]c2ccccc12)C(=O)NCC(=O)NCC(=O)NP. The molecule has 0 aliphatic carbocycles. The van der Waals surface area contributed by atoms with Crippen LogP contribution in [0.25, 0.3) is 10.9 Å². The Labute approximate surface area is 333 Å². The number of rotatable bonds is 22. The van der Waals surface area contributed by atoms with E-state index in [2.05, 4.69) is 66.1 Å². The number of imidazole rings is 1. The van der Waals surface area contributed by atoms with Crippen molar-refractivity contribution in [2.75, 3.05) is 19.6 Å². The summed E-state index contributed by atoms with van der Waals surface area (Å²) >= 11 is 0. The number of aromatic nitrogens is 3. The number of H-pyrrole nitrogens is 2. The molecule has 4 rings (SSSR count). The number of carbonyl (C=O) groups is 6. The Bertz CT molecular complexity index is 1990. The van der Waals surface area contributed by atoms with E-state index < -0.39 is 66.2 Å². The number of guanidine groups is 1. The number of para-hydroxylation sites is 1. The molecule has 0 saturated carbocycles. The Hall–Kier alpha value is -5.90. The molecule has 0 spiro atoms. The van der Waals surface area contributed by atoms with Crippen molar-refractivity contribution < 1.29 is 28.8 Å². The summed E-state index contributed by atoms with van der Waals surface area (Å²) in [6.45, 7) is -0.640. The van der Waals surface area contributed by atoms with Crippen molar-refractivity contribution in [1.82, 2.24) is 51.7 Å². The van der Waals surface area contributed by atoms with Crippen LogP contribution in [0.3, 0.4) is 0 Å². The van der Waals surface area contributed by atoms with E-state index in [4.69, 9.17) is 11.5 Å². The van der Waals surface area contributed by atoms with Crippen molar-refractivity contribution in [2.45, 2.75) is 56.3 Å². The van der Waals surface area contributed by atoms with E-state index in [1.165, 1.54) is 6.33 Å². The molecule has 6 amide bonds. The standard InChI is InChI=1S/C36H49N13O6P2/c37-36(38)40-12-6-11-26(45-34(54)27(13-21-7-2-1-3-8-21)46-35(55)29(48-56)15-23-17-39-20-44-23)33(53)47-28(14-22-16-41-25-10-5-4-9-24(22)25)32(52)43-18-30(50)42-19-31(51)49-57/h1-5,7-10,16-17,20,26-29,41,48H,6,11-15,18-19,56-57H2,(H,39,44)(H,42,50)(H,43,52)(H,45,54)(H,46,55)(H,47,53)(H,49,51)(H4,37,38,40)/t26-,27+,28-,29-/m0/s1. The van der Waals surface area contributed by atoms with E-state index in [-0.39, 0.29) is 51.2 Å². The molecule has 304 valence electrons. The topological polar surface area (TPSA) is 295 Å². The Kier molecular flexibility index (Phi) is 17.4. The first-order valence-corrected chi connectivity index (χ1v) is 19.2. The van der Waals surface area contributed by atoms with E-state index in [1.54, 1.807) is 24.5 Å². The summed E-state index contributed by atoms with van der Waals surface area (Å²) in [5, 5.41) is 19.3. The number of amides is 6. The zero-order valence-electron chi connectivity index (χ0n) is 31.0. The van der Waals surface area contributed by atoms with Gasteiger partial charge in [-0.25, -0.2) is 4.98 Å². The van der Waals surface area contributed by atoms with Gasteiger partial charge in [-0.1, -0.05) is 57.9 Å². The van der Waals surface area contributed by atoms with Crippen molar-refractivity contribution in [2.24, 2.45) is 16.5 Å². The maximum absolute atomic E-state index is 14.2. The monoisotopic (exact) mass is 821 g/mol. The molecular formula is C36H49N13O6P2. The lowest BCUT2D eigenvalue weighted by Gasteiger charge is -2.26. The van der Waals surface area contributed by atoms with E-state index in [0.29, 0.717) is 11.3 Å². The number of hydrogen-bond acceptors (Lipinski definition) is 9. The van der Waals surface area contributed by atoms with Gasteiger partial charge in [-0.2, -0.15) is 0 Å². The van der Waals surface area contributed by atoms with Gasteiger partial charge in [0.25, 0.3) is 0 Å². The second-order valence-corrected chi connectivity index (χ2v) is 13.6. The number of aliphatic imine (C=N–C) groups is 1. The molecule has 0 radical (unpaired) electrons. The Morgan fingerprint density at radius 1 is 0.719 bits per heavy atom. The molecule has 19 nitrogen and oxygen atoms in total. The molecule has 0 aliphatic rings. The number of benzene rings is 2. The Morgan fingerprint density at radius 2 is 1.37 bits per heavy atom. The molecule has 2 aromatic carbocycles. The summed E-state index contributed by atoms with van der Waals surface area (Å²) in [7, 11) is 4.34. The molecule has 2 aromatic heterocycles. The normalized spacial score (nSPS) is 12.9. The van der Waals surface area contributed by atoms with Crippen LogP contribution in [0.1, 0.15) is 29.7 Å². The lowest BCUT2D eigenvalue weighted by Crippen LogP contribution is -2.58. The van der Waals surface area contributed by atoms with Gasteiger partial charge >= 0.3 is 0 Å². The lowest BCUT2D eigenvalue weighted by atomic mass is 10.0. The van der Waals surface area contributed by atoms with Gasteiger partial charge in [0.2, 0.25) is 35.4 Å². The van der Waals surface area contributed by atoms with Crippen LogP contribution in [0, 0.1) is 0 Å². The maximum atomic E-state index is 14.2. The van der Waals surface area contributed by atoms with Crippen LogP contribution in [0.15, 0.2) is 78.3 Å². The van der Waals surface area contributed by atoms with Crippen molar-refractivity contribution in [3.05, 3.63) is 90.1 Å². The maximum Gasteiger partial charge on any atom is 0.243 e. The van der Waals surface area contributed by atoms with Gasteiger partial charge in [-0.05, 0) is 39.4 Å². The van der Waals surface area contributed by atoms with Crippen molar-refractivity contribution in [3.63, 3.8) is 0 Å². The zero-order chi connectivity index (χ0) is 41.2. The second-order valence-electron chi connectivity index (χ2n) is 12.9. The summed E-state index contributed by atoms with van der Waals surface area (Å²) in [4.78, 5) is 93.6. The summed E-state index contributed by atoms with van der Waals surface area (Å²) in [5.41, 5.74) is 14.0.